The molecule has 0 bridgehead atoms. The van der Waals surface area contributed by atoms with E-state index in [2.05, 4.69) is 37.3 Å². The zero-order chi connectivity index (χ0) is 12.3. The first-order chi connectivity index (χ1) is 8.20. The van der Waals surface area contributed by atoms with E-state index in [0.717, 1.165) is 16.7 Å². The van der Waals surface area contributed by atoms with E-state index >= 15 is 0 Å². The predicted octanol–water partition coefficient (Wildman–Crippen LogP) is 2.50. The minimum atomic E-state index is -0.0678. The van der Waals surface area contributed by atoms with Gasteiger partial charge in [0.05, 0.1) is 6.04 Å². The molecule has 0 aliphatic carbocycles. The molecular weight excluding hydrogens is 208 g/mol. The van der Waals surface area contributed by atoms with Crippen LogP contribution in [-0.2, 0) is 6.54 Å². The summed E-state index contributed by atoms with van der Waals surface area (Å²) in [5.74, 6) is 0. The Balaban J connectivity index is 2.27. The molecule has 1 unspecified atom stereocenters. The van der Waals surface area contributed by atoms with Gasteiger partial charge in [-0.1, -0.05) is 54.1 Å². The Hall–Kier alpha value is -1.64. The lowest BCUT2D eigenvalue weighted by Crippen LogP contribution is -2.12. The van der Waals surface area contributed by atoms with Crippen LogP contribution in [0, 0.1) is 6.92 Å². The first kappa shape index (κ1) is 11.8. The maximum absolute atomic E-state index is 6.25. The molecule has 0 aliphatic rings. The van der Waals surface area contributed by atoms with Crippen molar-refractivity contribution in [3.05, 3.63) is 70.8 Å². The van der Waals surface area contributed by atoms with Crippen molar-refractivity contribution < 1.29 is 0 Å². The molecule has 0 aliphatic heterocycles. The first-order valence-corrected chi connectivity index (χ1v) is 5.82. The van der Waals surface area contributed by atoms with Crippen molar-refractivity contribution in [3.8, 4) is 0 Å². The molecule has 0 spiro atoms. The quantitative estimate of drug-likeness (QED) is 0.845. The average molecular weight is 226 g/mol. The van der Waals surface area contributed by atoms with Gasteiger partial charge in [0.15, 0.2) is 0 Å². The molecule has 4 N–H and O–H groups in total. The van der Waals surface area contributed by atoms with Gasteiger partial charge in [-0.25, -0.2) is 0 Å². The van der Waals surface area contributed by atoms with Crippen LogP contribution in [0.15, 0.2) is 48.5 Å². The molecule has 2 heteroatoms. The SMILES string of the molecule is Cc1cccc(C(N)c2ccc(CN)cc2)c1. The van der Waals surface area contributed by atoms with Crippen molar-refractivity contribution in [3.63, 3.8) is 0 Å². The first-order valence-electron chi connectivity index (χ1n) is 5.82. The van der Waals surface area contributed by atoms with Crippen LogP contribution >= 0.6 is 0 Å². The summed E-state index contributed by atoms with van der Waals surface area (Å²) >= 11 is 0. The highest BCUT2D eigenvalue weighted by Crippen LogP contribution is 2.20. The van der Waals surface area contributed by atoms with Crippen LogP contribution in [0.2, 0.25) is 0 Å². The third-order valence-corrected chi connectivity index (χ3v) is 2.98. The smallest absolute Gasteiger partial charge is 0.0551 e. The molecule has 0 fully saturated rings. The summed E-state index contributed by atoms with van der Waals surface area (Å²) in [6.07, 6.45) is 0. The highest BCUT2D eigenvalue weighted by molar-refractivity contribution is 5.34. The van der Waals surface area contributed by atoms with E-state index < -0.39 is 0 Å². The molecule has 2 rings (SSSR count). The molecule has 0 amide bonds. The number of rotatable bonds is 3. The Labute approximate surface area is 102 Å². The molecule has 0 aromatic heterocycles. The normalized spacial score (nSPS) is 12.4. The standard InChI is InChI=1S/C15H18N2/c1-11-3-2-4-14(9-11)15(17)13-7-5-12(10-16)6-8-13/h2-9,15H,10,16-17H2,1H3. The molecule has 0 saturated heterocycles. The summed E-state index contributed by atoms with van der Waals surface area (Å²) in [4.78, 5) is 0. The summed E-state index contributed by atoms with van der Waals surface area (Å²) in [7, 11) is 0. The van der Waals surface area contributed by atoms with Crippen LogP contribution in [0.3, 0.4) is 0 Å². The zero-order valence-corrected chi connectivity index (χ0v) is 10.1. The topological polar surface area (TPSA) is 52.0 Å². The van der Waals surface area contributed by atoms with E-state index in [-0.39, 0.29) is 6.04 Å². The highest BCUT2D eigenvalue weighted by atomic mass is 14.6. The third-order valence-electron chi connectivity index (χ3n) is 2.98. The number of benzene rings is 2. The van der Waals surface area contributed by atoms with Crippen LogP contribution < -0.4 is 11.5 Å². The van der Waals surface area contributed by atoms with E-state index in [0.29, 0.717) is 6.54 Å². The largest absolute Gasteiger partial charge is 0.326 e. The minimum absolute atomic E-state index is 0.0678. The average Bonchev–Trinajstić information content (AvgIpc) is 2.38. The van der Waals surface area contributed by atoms with Crippen molar-refractivity contribution >= 4 is 0 Å². The van der Waals surface area contributed by atoms with Gasteiger partial charge in [-0.05, 0) is 23.6 Å². The number of aryl methyl sites for hydroxylation is 1. The number of nitrogens with two attached hydrogens (primary N) is 2. The second kappa shape index (κ2) is 5.13. The van der Waals surface area contributed by atoms with Gasteiger partial charge in [-0.15, -0.1) is 0 Å². The zero-order valence-electron chi connectivity index (χ0n) is 10.1. The van der Waals surface area contributed by atoms with Gasteiger partial charge in [0.25, 0.3) is 0 Å². The minimum Gasteiger partial charge on any atom is -0.326 e. The summed E-state index contributed by atoms with van der Waals surface area (Å²) in [6.45, 7) is 2.65. The summed E-state index contributed by atoms with van der Waals surface area (Å²) in [5, 5.41) is 0. The van der Waals surface area contributed by atoms with E-state index in [1.165, 1.54) is 5.56 Å². The van der Waals surface area contributed by atoms with E-state index in [9.17, 15) is 0 Å². The fourth-order valence-corrected chi connectivity index (χ4v) is 1.92. The summed E-state index contributed by atoms with van der Waals surface area (Å²) in [6, 6.07) is 16.4. The second-order valence-electron chi connectivity index (χ2n) is 4.34. The molecule has 1 atom stereocenters. The maximum atomic E-state index is 6.25. The number of hydrogen-bond acceptors (Lipinski definition) is 2. The molecule has 88 valence electrons. The van der Waals surface area contributed by atoms with Crippen molar-refractivity contribution in [2.24, 2.45) is 11.5 Å². The summed E-state index contributed by atoms with van der Waals surface area (Å²) in [5.41, 5.74) is 16.4. The van der Waals surface area contributed by atoms with E-state index in [4.69, 9.17) is 11.5 Å². The van der Waals surface area contributed by atoms with Gasteiger partial charge in [-0.3, -0.25) is 0 Å². The predicted molar refractivity (Wildman–Crippen MR) is 71.5 cm³/mol. The van der Waals surface area contributed by atoms with Crippen LogP contribution in [0.5, 0.6) is 0 Å². The molecule has 0 heterocycles. The lowest BCUT2D eigenvalue weighted by atomic mass is 9.97. The Morgan fingerprint density at radius 3 is 2.29 bits per heavy atom. The second-order valence-corrected chi connectivity index (χ2v) is 4.34. The fourth-order valence-electron chi connectivity index (χ4n) is 1.92. The third kappa shape index (κ3) is 2.73. The van der Waals surface area contributed by atoms with Gasteiger partial charge < -0.3 is 11.5 Å². The van der Waals surface area contributed by atoms with Crippen molar-refractivity contribution in [1.82, 2.24) is 0 Å². The molecule has 2 aromatic rings. The number of hydrogen-bond donors (Lipinski definition) is 2. The van der Waals surface area contributed by atoms with Gasteiger partial charge in [0.1, 0.15) is 0 Å². The van der Waals surface area contributed by atoms with Crippen molar-refractivity contribution in [2.45, 2.75) is 19.5 Å². The molecule has 0 saturated carbocycles. The Kier molecular flexibility index (Phi) is 3.57. The Morgan fingerprint density at radius 1 is 1.00 bits per heavy atom. The van der Waals surface area contributed by atoms with E-state index in [1.807, 2.05) is 18.2 Å². The van der Waals surface area contributed by atoms with Crippen LogP contribution in [0.4, 0.5) is 0 Å². The van der Waals surface area contributed by atoms with Crippen LogP contribution in [0.1, 0.15) is 28.3 Å². The van der Waals surface area contributed by atoms with Crippen LogP contribution in [-0.4, -0.2) is 0 Å². The monoisotopic (exact) mass is 226 g/mol. The Bertz CT molecular complexity index is 489. The Morgan fingerprint density at radius 2 is 1.71 bits per heavy atom. The fraction of sp³-hybridized carbons (Fsp3) is 0.200. The summed E-state index contributed by atoms with van der Waals surface area (Å²) < 4.78 is 0. The van der Waals surface area contributed by atoms with E-state index in [1.54, 1.807) is 0 Å². The highest BCUT2D eigenvalue weighted by Gasteiger charge is 2.08. The molecule has 2 aromatic carbocycles. The van der Waals surface area contributed by atoms with Gasteiger partial charge in [0, 0.05) is 6.54 Å². The van der Waals surface area contributed by atoms with Gasteiger partial charge in [-0.2, -0.15) is 0 Å². The molecular formula is C15H18N2. The maximum Gasteiger partial charge on any atom is 0.0551 e. The lowest BCUT2D eigenvalue weighted by Gasteiger charge is -2.13. The van der Waals surface area contributed by atoms with Crippen LogP contribution in [0.25, 0.3) is 0 Å². The lowest BCUT2D eigenvalue weighted by molar-refractivity contribution is 0.867. The molecule has 0 radical (unpaired) electrons. The van der Waals surface area contributed by atoms with Crippen molar-refractivity contribution in [1.29, 1.82) is 0 Å². The van der Waals surface area contributed by atoms with Gasteiger partial charge >= 0.3 is 0 Å². The molecule has 2 nitrogen and oxygen atoms in total. The molecule has 17 heavy (non-hydrogen) atoms. The van der Waals surface area contributed by atoms with Crippen molar-refractivity contribution in [2.75, 3.05) is 0 Å². The van der Waals surface area contributed by atoms with Gasteiger partial charge in [0.2, 0.25) is 0 Å².